The second kappa shape index (κ2) is 7.87. The van der Waals surface area contributed by atoms with Crippen molar-refractivity contribution in [2.75, 3.05) is 12.3 Å². The van der Waals surface area contributed by atoms with Gasteiger partial charge in [0.1, 0.15) is 5.52 Å². The number of nitrogens with zero attached hydrogens (tertiary/aromatic N) is 1. The van der Waals surface area contributed by atoms with Gasteiger partial charge in [-0.2, -0.15) is 13.2 Å². The average molecular weight is 408 g/mol. The summed E-state index contributed by atoms with van der Waals surface area (Å²) in [6.45, 7) is 3.79. The third-order valence-electron chi connectivity index (χ3n) is 4.30. The van der Waals surface area contributed by atoms with Crippen molar-refractivity contribution in [2.45, 2.75) is 30.7 Å². The van der Waals surface area contributed by atoms with Gasteiger partial charge in [0.2, 0.25) is 5.91 Å². The van der Waals surface area contributed by atoms with E-state index in [4.69, 9.17) is 4.42 Å². The molecule has 1 amide bonds. The summed E-state index contributed by atoms with van der Waals surface area (Å²) in [7, 11) is 0. The second-order valence-electron chi connectivity index (χ2n) is 6.98. The van der Waals surface area contributed by atoms with E-state index in [1.54, 1.807) is 26.0 Å². The molecule has 4 nitrogen and oxygen atoms in total. The van der Waals surface area contributed by atoms with Crippen molar-refractivity contribution in [3.05, 3.63) is 59.7 Å². The van der Waals surface area contributed by atoms with E-state index >= 15 is 0 Å². The van der Waals surface area contributed by atoms with Gasteiger partial charge in [-0.25, -0.2) is 4.98 Å². The smallest absolute Gasteiger partial charge is 0.416 e. The summed E-state index contributed by atoms with van der Waals surface area (Å²) >= 11 is 1.17. The molecule has 1 heterocycles. The van der Waals surface area contributed by atoms with Crippen molar-refractivity contribution in [3.8, 4) is 0 Å². The van der Waals surface area contributed by atoms with Crippen LogP contribution in [0.25, 0.3) is 11.1 Å². The van der Waals surface area contributed by atoms with Crippen LogP contribution in [0, 0.1) is 0 Å². The first-order chi connectivity index (χ1) is 13.1. The summed E-state index contributed by atoms with van der Waals surface area (Å²) < 4.78 is 44.3. The Hall–Kier alpha value is -2.48. The SMILES string of the molecule is CC(C)(CNC(=O)CSc1nc2ccccc2o1)c1cccc(C(F)(F)F)c1. The van der Waals surface area contributed by atoms with Gasteiger partial charge >= 0.3 is 6.18 Å². The first kappa shape index (κ1) is 20.3. The number of oxazole rings is 1. The quantitative estimate of drug-likeness (QED) is 0.581. The molecule has 0 spiro atoms. The normalized spacial score (nSPS) is 12.3. The van der Waals surface area contributed by atoms with Crippen LogP contribution in [-0.4, -0.2) is 23.2 Å². The highest BCUT2D eigenvalue weighted by Gasteiger charge is 2.32. The largest absolute Gasteiger partial charge is 0.431 e. The standard InChI is InChI=1S/C20H19F3N2O2S/c1-19(2,13-6-5-7-14(10-13)20(21,22)23)12-24-17(26)11-28-18-25-15-8-3-4-9-16(15)27-18/h3-10H,11-12H2,1-2H3,(H,24,26). The van der Waals surface area contributed by atoms with Gasteiger partial charge in [0.25, 0.3) is 5.22 Å². The van der Waals surface area contributed by atoms with E-state index in [0.717, 1.165) is 17.6 Å². The first-order valence-electron chi connectivity index (χ1n) is 8.58. The lowest BCUT2D eigenvalue weighted by Crippen LogP contribution is -2.37. The fraction of sp³-hybridized carbons (Fsp3) is 0.300. The number of carbonyl (C=O) groups is 1. The number of hydrogen-bond acceptors (Lipinski definition) is 4. The Morgan fingerprint density at radius 2 is 1.82 bits per heavy atom. The van der Waals surface area contributed by atoms with Gasteiger partial charge in [0.05, 0.1) is 11.3 Å². The Morgan fingerprint density at radius 3 is 2.54 bits per heavy atom. The summed E-state index contributed by atoms with van der Waals surface area (Å²) in [5, 5.41) is 3.17. The van der Waals surface area contributed by atoms with Crippen LogP contribution in [0.15, 0.2) is 58.2 Å². The molecule has 1 N–H and O–H groups in total. The molecule has 0 saturated carbocycles. The molecule has 8 heteroatoms. The van der Waals surface area contributed by atoms with Gasteiger partial charge in [0, 0.05) is 12.0 Å². The maximum atomic E-state index is 12.9. The lowest BCUT2D eigenvalue weighted by molar-refractivity contribution is -0.137. The highest BCUT2D eigenvalue weighted by molar-refractivity contribution is 7.99. The van der Waals surface area contributed by atoms with Gasteiger partial charge < -0.3 is 9.73 Å². The number of alkyl halides is 3. The zero-order valence-electron chi connectivity index (χ0n) is 15.3. The Labute approximate surface area is 164 Å². The number of amides is 1. The van der Waals surface area contributed by atoms with Crippen molar-refractivity contribution in [2.24, 2.45) is 0 Å². The van der Waals surface area contributed by atoms with Crippen molar-refractivity contribution >= 4 is 28.8 Å². The number of halogens is 3. The molecule has 0 saturated heterocycles. The van der Waals surface area contributed by atoms with Crippen LogP contribution in [-0.2, 0) is 16.4 Å². The monoisotopic (exact) mass is 408 g/mol. The van der Waals surface area contributed by atoms with Crippen LogP contribution in [0.2, 0.25) is 0 Å². The molecule has 2 aromatic carbocycles. The molecule has 0 unspecified atom stereocenters. The fourth-order valence-corrected chi connectivity index (χ4v) is 3.30. The van der Waals surface area contributed by atoms with Crippen LogP contribution in [0.4, 0.5) is 13.2 Å². The van der Waals surface area contributed by atoms with Crippen molar-refractivity contribution in [1.82, 2.24) is 10.3 Å². The molecule has 148 valence electrons. The number of fused-ring (bicyclic) bond motifs is 1. The van der Waals surface area contributed by atoms with E-state index in [2.05, 4.69) is 10.3 Å². The minimum absolute atomic E-state index is 0.103. The van der Waals surface area contributed by atoms with E-state index in [1.807, 2.05) is 18.2 Å². The minimum atomic E-state index is -4.40. The number of thioether (sulfide) groups is 1. The van der Waals surface area contributed by atoms with Crippen LogP contribution >= 0.6 is 11.8 Å². The summed E-state index contributed by atoms with van der Waals surface area (Å²) in [6, 6.07) is 12.5. The zero-order valence-corrected chi connectivity index (χ0v) is 16.2. The number of carbonyl (C=O) groups excluding carboxylic acids is 1. The highest BCUT2D eigenvalue weighted by atomic mass is 32.2. The van der Waals surface area contributed by atoms with E-state index in [1.165, 1.54) is 17.8 Å². The summed E-state index contributed by atoms with van der Waals surface area (Å²) in [6.07, 6.45) is -4.40. The molecule has 28 heavy (non-hydrogen) atoms. The molecule has 0 bridgehead atoms. The molecule has 3 rings (SSSR count). The molecule has 3 aromatic rings. The van der Waals surface area contributed by atoms with E-state index in [9.17, 15) is 18.0 Å². The number of aromatic nitrogens is 1. The van der Waals surface area contributed by atoms with Crippen molar-refractivity contribution in [3.63, 3.8) is 0 Å². The number of nitrogens with one attached hydrogen (secondary N) is 1. The highest BCUT2D eigenvalue weighted by Crippen LogP contribution is 2.32. The number of hydrogen-bond donors (Lipinski definition) is 1. The first-order valence-corrected chi connectivity index (χ1v) is 9.56. The van der Waals surface area contributed by atoms with Gasteiger partial charge in [0.15, 0.2) is 5.58 Å². The molecular formula is C20H19F3N2O2S. The predicted octanol–water partition coefficient (Wildman–Crippen LogP) is 5.03. The maximum absolute atomic E-state index is 12.9. The average Bonchev–Trinajstić information content (AvgIpc) is 3.07. The summed E-state index contributed by atoms with van der Waals surface area (Å²) in [5.41, 5.74) is 0.525. The van der Waals surface area contributed by atoms with E-state index in [0.29, 0.717) is 16.4 Å². The van der Waals surface area contributed by atoms with Gasteiger partial charge in [-0.05, 0) is 23.8 Å². The molecule has 0 aliphatic heterocycles. The molecule has 0 fully saturated rings. The zero-order chi connectivity index (χ0) is 20.4. The topological polar surface area (TPSA) is 55.1 Å². The van der Waals surface area contributed by atoms with Crippen LogP contribution < -0.4 is 5.32 Å². The third kappa shape index (κ3) is 4.86. The number of rotatable bonds is 6. The lowest BCUT2D eigenvalue weighted by atomic mass is 9.83. The molecular weight excluding hydrogens is 389 g/mol. The Balaban J connectivity index is 1.57. The van der Waals surface area contributed by atoms with E-state index < -0.39 is 17.2 Å². The van der Waals surface area contributed by atoms with Crippen molar-refractivity contribution in [1.29, 1.82) is 0 Å². The molecule has 0 aliphatic carbocycles. The van der Waals surface area contributed by atoms with Crippen LogP contribution in [0.1, 0.15) is 25.0 Å². The Kier molecular flexibility index (Phi) is 5.69. The summed E-state index contributed by atoms with van der Waals surface area (Å²) in [4.78, 5) is 16.4. The lowest BCUT2D eigenvalue weighted by Gasteiger charge is -2.26. The Morgan fingerprint density at radius 1 is 1.11 bits per heavy atom. The van der Waals surface area contributed by atoms with Crippen LogP contribution in [0.5, 0.6) is 0 Å². The summed E-state index contributed by atoms with van der Waals surface area (Å²) in [5.74, 6) is -0.141. The van der Waals surface area contributed by atoms with E-state index in [-0.39, 0.29) is 18.2 Å². The molecule has 0 radical (unpaired) electrons. The third-order valence-corrected chi connectivity index (χ3v) is 5.13. The minimum Gasteiger partial charge on any atom is -0.431 e. The predicted molar refractivity (Wildman–Crippen MR) is 102 cm³/mol. The Bertz CT molecular complexity index is 950. The molecule has 1 aromatic heterocycles. The molecule has 0 atom stereocenters. The maximum Gasteiger partial charge on any atom is 0.416 e. The van der Waals surface area contributed by atoms with Crippen molar-refractivity contribution < 1.29 is 22.4 Å². The fourth-order valence-electron chi connectivity index (χ4n) is 2.63. The van der Waals surface area contributed by atoms with Gasteiger partial charge in [-0.1, -0.05) is 55.9 Å². The van der Waals surface area contributed by atoms with Gasteiger partial charge in [-0.15, -0.1) is 0 Å². The van der Waals surface area contributed by atoms with Crippen LogP contribution in [0.3, 0.4) is 0 Å². The second-order valence-corrected chi connectivity index (χ2v) is 7.90. The molecule has 0 aliphatic rings. The number of benzene rings is 2. The van der Waals surface area contributed by atoms with Gasteiger partial charge in [-0.3, -0.25) is 4.79 Å². The number of para-hydroxylation sites is 2.